The van der Waals surface area contributed by atoms with Crippen LogP contribution in [0.15, 0.2) is 24.3 Å². The van der Waals surface area contributed by atoms with Gasteiger partial charge in [-0.15, -0.1) is 0 Å². The molecular formula is C21H23F2N3O. The van der Waals surface area contributed by atoms with Gasteiger partial charge >= 0.3 is 0 Å². The van der Waals surface area contributed by atoms with E-state index in [1.165, 1.54) is 18.2 Å². The zero-order chi connectivity index (χ0) is 18.8. The van der Waals surface area contributed by atoms with Gasteiger partial charge in [-0.1, -0.05) is 19.9 Å². The molecule has 2 fully saturated rings. The van der Waals surface area contributed by atoms with Crippen LogP contribution in [0.3, 0.4) is 0 Å². The number of morpholine rings is 1. The monoisotopic (exact) mass is 371 g/mol. The molecule has 1 aromatic carbocycles. The number of rotatable bonds is 2. The van der Waals surface area contributed by atoms with E-state index in [-0.39, 0.29) is 28.2 Å². The van der Waals surface area contributed by atoms with Gasteiger partial charge in [-0.25, -0.2) is 8.78 Å². The summed E-state index contributed by atoms with van der Waals surface area (Å²) in [7, 11) is 0. The van der Waals surface area contributed by atoms with Crippen LogP contribution in [0.5, 0.6) is 0 Å². The summed E-state index contributed by atoms with van der Waals surface area (Å²) in [6.45, 7) is 6.89. The van der Waals surface area contributed by atoms with Crippen LogP contribution in [-0.4, -0.2) is 36.0 Å². The molecule has 1 saturated heterocycles. The van der Waals surface area contributed by atoms with Crippen LogP contribution >= 0.6 is 0 Å². The molecule has 0 radical (unpaired) electrons. The van der Waals surface area contributed by atoms with Crippen molar-refractivity contribution in [3.8, 4) is 11.3 Å². The summed E-state index contributed by atoms with van der Waals surface area (Å²) in [5.41, 5.74) is 1.95. The van der Waals surface area contributed by atoms with Crippen molar-refractivity contribution in [2.24, 2.45) is 5.41 Å². The highest BCUT2D eigenvalue weighted by Crippen LogP contribution is 2.69. The summed E-state index contributed by atoms with van der Waals surface area (Å²) in [6.07, 6.45) is 2.08. The van der Waals surface area contributed by atoms with E-state index in [1.807, 2.05) is 6.07 Å². The van der Waals surface area contributed by atoms with Gasteiger partial charge in [-0.05, 0) is 47.9 Å². The van der Waals surface area contributed by atoms with E-state index in [9.17, 15) is 8.78 Å². The molecule has 4 nitrogen and oxygen atoms in total. The molecule has 1 N–H and O–H groups in total. The Balaban J connectivity index is 1.66. The fourth-order valence-corrected chi connectivity index (χ4v) is 5.83. The molecule has 1 aromatic heterocycles. The summed E-state index contributed by atoms with van der Waals surface area (Å²) in [6, 6.07) is 5.73. The van der Waals surface area contributed by atoms with Gasteiger partial charge in [0.1, 0.15) is 11.6 Å². The van der Waals surface area contributed by atoms with Crippen molar-refractivity contribution in [3.63, 3.8) is 0 Å². The number of hydrogen-bond donors (Lipinski definition) is 1. The number of hydrogen-bond acceptors (Lipinski definition) is 4. The lowest BCUT2D eigenvalue weighted by Crippen LogP contribution is -2.55. The zero-order valence-corrected chi connectivity index (χ0v) is 15.6. The maximum Gasteiger partial charge on any atom is 0.135 e. The Kier molecular flexibility index (Phi) is 3.69. The van der Waals surface area contributed by atoms with Gasteiger partial charge in [0.25, 0.3) is 0 Å². The van der Waals surface area contributed by atoms with Crippen molar-refractivity contribution in [3.05, 3.63) is 47.2 Å². The van der Waals surface area contributed by atoms with Crippen molar-refractivity contribution in [2.75, 3.05) is 19.7 Å². The summed E-state index contributed by atoms with van der Waals surface area (Å²) in [4.78, 5) is 0. The molecular weight excluding hydrogens is 348 g/mol. The SMILES string of the molecule is CC1(C)[C@H]2CC[C@]1([C@H]1CNCCO1)c1nnc(-c3c(F)cccc3F)cc12. The second-order valence-corrected chi connectivity index (χ2v) is 8.48. The van der Waals surface area contributed by atoms with E-state index in [2.05, 4.69) is 29.4 Å². The molecule has 6 heteroatoms. The summed E-state index contributed by atoms with van der Waals surface area (Å²) in [5.74, 6) is -0.926. The number of fused-ring (bicyclic) bond motifs is 5. The van der Waals surface area contributed by atoms with Gasteiger partial charge in [-0.3, -0.25) is 0 Å². The second-order valence-electron chi connectivity index (χ2n) is 8.48. The Morgan fingerprint density at radius 2 is 1.96 bits per heavy atom. The van der Waals surface area contributed by atoms with E-state index in [1.54, 1.807) is 0 Å². The van der Waals surface area contributed by atoms with Crippen LogP contribution in [0.2, 0.25) is 0 Å². The standard InChI is InChI=1S/C21H23F2N3O/c1-20(2)13-6-7-21(20,17-11-24-8-9-27-17)19-12(13)10-16(25-26-19)18-14(22)4-3-5-15(18)23/h3-5,10,13,17,24H,6-9,11H2,1-2H3/t13-,17+,21-/m0/s1. The van der Waals surface area contributed by atoms with Gasteiger partial charge in [0.2, 0.25) is 0 Å². The van der Waals surface area contributed by atoms with E-state index in [4.69, 9.17) is 4.74 Å². The maximum absolute atomic E-state index is 14.3. The highest BCUT2D eigenvalue weighted by molar-refractivity contribution is 5.63. The van der Waals surface area contributed by atoms with Gasteiger partial charge in [0, 0.05) is 18.5 Å². The van der Waals surface area contributed by atoms with Crippen LogP contribution in [0, 0.1) is 17.0 Å². The van der Waals surface area contributed by atoms with Gasteiger partial charge < -0.3 is 10.1 Å². The molecule has 2 aliphatic carbocycles. The molecule has 0 amide bonds. The molecule has 3 aliphatic rings. The number of nitrogens with zero attached hydrogens (tertiary/aromatic N) is 2. The number of halogens is 2. The number of nitrogens with one attached hydrogen (secondary N) is 1. The molecule has 0 spiro atoms. The molecule has 1 aliphatic heterocycles. The van der Waals surface area contributed by atoms with Gasteiger partial charge in [-0.2, -0.15) is 10.2 Å². The Bertz CT molecular complexity index is 890. The Morgan fingerprint density at radius 3 is 2.67 bits per heavy atom. The van der Waals surface area contributed by atoms with Gasteiger partial charge in [0.15, 0.2) is 0 Å². The summed E-state index contributed by atoms with van der Waals surface area (Å²) >= 11 is 0. The minimum absolute atomic E-state index is 0.0397. The summed E-state index contributed by atoms with van der Waals surface area (Å²) in [5, 5.41) is 12.3. The quantitative estimate of drug-likeness (QED) is 0.877. The van der Waals surface area contributed by atoms with Crippen molar-refractivity contribution >= 4 is 0 Å². The molecule has 2 bridgehead atoms. The van der Waals surface area contributed by atoms with Gasteiger partial charge in [0.05, 0.1) is 29.7 Å². The molecule has 142 valence electrons. The average molecular weight is 371 g/mol. The molecule has 27 heavy (non-hydrogen) atoms. The second kappa shape index (κ2) is 5.79. The molecule has 2 aromatic rings. The minimum atomic E-state index is -0.610. The number of ether oxygens (including phenoxy) is 1. The van der Waals surface area contributed by atoms with E-state index >= 15 is 0 Å². The Labute approximate surface area is 157 Å². The van der Waals surface area contributed by atoms with E-state index < -0.39 is 11.6 Å². The third-order valence-electron chi connectivity index (χ3n) is 7.17. The molecule has 5 rings (SSSR count). The largest absolute Gasteiger partial charge is 0.375 e. The third-order valence-corrected chi connectivity index (χ3v) is 7.17. The molecule has 3 atom stereocenters. The molecule has 2 heterocycles. The first-order chi connectivity index (χ1) is 13.0. The van der Waals surface area contributed by atoms with Crippen molar-refractivity contribution in [1.29, 1.82) is 0 Å². The first kappa shape index (κ1) is 17.2. The van der Waals surface area contributed by atoms with Crippen LogP contribution < -0.4 is 5.32 Å². The lowest BCUT2D eigenvalue weighted by atomic mass is 9.64. The van der Waals surface area contributed by atoms with Crippen LogP contribution in [0.4, 0.5) is 8.78 Å². The fourth-order valence-electron chi connectivity index (χ4n) is 5.83. The highest BCUT2D eigenvalue weighted by atomic mass is 19.1. The first-order valence-corrected chi connectivity index (χ1v) is 9.61. The highest BCUT2D eigenvalue weighted by Gasteiger charge is 2.66. The smallest absolute Gasteiger partial charge is 0.135 e. The minimum Gasteiger partial charge on any atom is -0.375 e. The molecule has 0 unspecified atom stereocenters. The fraction of sp³-hybridized carbons (Fsp3) is 0.524. The van der Waals surface area contributed by atoms with E-state index in [0.29, 0.717) is 12.5 Å². The van der Waals surface area contributed by atoms with Crippen molar-refractivity contribution in [1.82, 2.24) is 15.5 Å². The van der Waals surface area contributed by atoms with Crippen LogP contribution in [-0.2, 0) is 10.2 Å². The van der Waals surface area contributed by atoms with E-state index in [0.717, 1.165) is 37.2 Å². The third kappa shape index (κ3) is 2.14. The predicted octanol–water partition coefficient (Wildman–Crippen LogP) is 3.57. The summed E-state index contributed by atoms with van der Waals surface area (Å²) < 4.78 is 34.7. The average Bonchev–Trinajstić information content (AvgIpc) is 3.04. The normalized spacial score (nSPS) is 31.1. The lowest BCUT2D eigenvalue weighted by molar-refractivity contribution is -0.0548. The lowest BCUT2D eigenvalue weighted by Gasteiger charge is -2.45. The molecule has 1 saturated carbocycles. The van der Waals surface area contributed by atoms with Crippen molar-refractivity contribution in [2.45, 2.75) is 44.1 Å². The number of benzene rings is 1. The first-order valence-electron chi connectivity index (χ1n) is 9.61. The Morgan fingerprint density at radius 1 is 1.19 bits per heavy atom. The maximum atomic E-state index is 14.3. The number of aromatic nitrogens is 2. The zero-order valence-electron chi connectivity index (χ0n) is 15.6. The van der Waals surface area contributed by atoms with Crippen molar-refractivity contribution < 1.29 is 13.5 Å². The topological polar surface area (TPSA) is 47.0 Å². The Hall–Kier alpha value is -1.92. The van der Waals surface area contributed by atoms with Crippen LogP contribution in [0.1, 0.15) is 43.9 Å². The predicted molar refractivity (Wildman–Crippen MR) is 97.4 cm³/mol. The van der Waals surface area contributed by atoms with Crippen LogP contribution in [0.25, 0.3) is 11.3 Å².